The zero-order chi connectivity index (χ0) is 9.78. The van der Waals surface area contributed by atoms with Gasteiger partial charge in [0.25, 0.3) is 0 Å². The Morgan fingerprint density at radius 3 is 2.08 bits per heavy atom. The van der Waals surface area contributed by atoms with Gasteiger partial charge in [0.1, 0.15) is 0 Å². The lowest BCUT2D eigenvalue weighted by molar-refractivity contribution is 0.105. The average Bonchev–Trinajstić information content (AvgIpc) is 1.97. The van der Waals surface area contributed by atoms with Crippen molar-refractivity contribution in [1.29, 1.82) is 0 Å². The molecule has 0 fully saturated rings. The van der Waals surface area contributed by atoms with Crippen LogP contribution >= 0.6 is 0 Å². The second-order valence-corrected chi connectivity index (χ2v) is 4.66. The third-order valence-electron chi connectivity index (χ3n) is 1.97. The molecule has 0 heterocycles. The monoisotopic (exact) mass is 173 g/mol. The number of aliphatic hydroxyl groups is 1. The highest BCUT2D eigenvalue weighted by molar-refractivity contribution is 4.72. The first kappa shape index (κ1) is 11.9. The van der Waals surface area contributed by atoms with Crippen LogP contribution in [-0.2, 0) is 0 Å². The molecule has 0 aliphatic heterocycles. The summed E-state index contributed by atoms with van der Waals surface area (Å²) in [6.45, 7) is 13.2. The van der Waals surface area contributed by atoms with E-state index in [4.69, 9.17) is 5.11 Å². The lowest BCUT2D eigenvalue weighted by Gasteiger charge is -2.32. The molecule has 1 atom stereocenters. The summed E-state index contributed by atoms with van der Waals surface area (Å²) >= 11 is 0. The van der Waals surface area contributed by atoms with Gasteiger partial charge < -0.3 is 5.11 Å². The Morgan fingerprint density at radius 1 is 1.33 bits per heavy atom. The van der Waals surface area contributed by atoms with E-state index in [2.05, 4.69) is 39.5 Å². The van der Waals surface area contributed by atoms with Crippen LogP contribution in [0.5, 0.6) is 0 Å². The molecule has 1 N–H and O–H groups in total. The van der Waals surface area contributed by atoms with Crippen LogP contribution in [0.25, 0.3) is 0 Å². The molecule has 0 bridgehead atoms. The summed E-state index contributed by atoms with van der Waals surface area (Å²) in [7, 11) is 0. The molecule has 0 unspecified atom stereocenters. The van der Waals surface area contributed by atoms with E-state index in [9.17, 15) is 0 Å². The molecule has 0 radical (unpaired) electrons. The Morgan fingerprint density at radius 2 is 1.83 bits per heavy atom. The number of hydrogen-bond donors (Lipinski definition) is 1. The van der Waals surface area contributed by atoms with Gasteiger partial charge in [0, 0.05) is 12.6 Å². The normalized spacial score (nSPS) is 15.2. The van der Waals surface area contributed by atoms with Crippen molar-refractivity contribution in [2.24, 2.45) is 5.41 Å². The van der Waals surface area contributed by atoms with Crippen molar-refractivity contribution in [3.05, 3.63) is 0 Å². The van der Waals surface area contributed by atoms with Gasteiger partial charge in [-0.25, -0.2) is 0 Å². The van der Waals surface area contributed by atoms with Gasteiger partial charge in [0.2, 0.25) is 0 Å². The third-order valence-corrected chi connectivity index (χ3v) is 1.97. The lowest BCUT2D eigenvalue weighted by Crippen LogP contribution is -2.40. The van der Waals surface area contributed by atoms with Gasteiger partial charge in [-0.05, 0) is 18.9 Å². The Kier molecular flexibility index (Phi) is 4.80. The Balaban J connectivity index is 3.99. The molecule has 12 heavy (non-hydrogen) atoms. The second-order valence-electron chi connectivity index (χ2n) is 4.66. The molecule has 0 aliphatic rings. The maximum atomic E-state index is 8.99. The van der Waals surface area contributed by atoms with Crippen molar-refractivity contribution < 1.29 is 5.11 Å². The summed E-state index contributed by atoms with van der Waals surface area (Å²) in [4.78, 5) is 2.31. The van der Waals surface area contributed by atoms with Gasteiger partial charge in [0.15, 0.2) is 0 Å². The lowest BCUT2D eigenvalue weighted by atomic mass is 9.95. The first-order chi connectivity index (χ1) is 5.40. The fourth-order valence-corrected chi connectivity index (χ4v) is 1.30. The largest absolute Gasteiger partial charge is 0.395 e. The molecular formula is C10H23NO. The van der Waals surface area contributed by atoms with Crippen LogP contribution in [0.3, 0.4) is 0 Å². The number of nitrogens with zero attached hydrogens (tertiary/aromatic N) is 1. The van der Waals surface area contributed by atoms with Gasteiger partial charge >= 0.3 is 0 Å². The smallest absolute Gasteiger partial charge is 0.0584 e. The fraction of sp³-hybridized carbons (Fsp3) is 1.00. The first-order valence-electron chi connectivity index (χ1n) is 4.75. The summed E-state index contributed by atoms with van der Waals surface area (Å²) in [5.74, 6) is 0. The molecule has 0 aromatic heterocycles. The topological polar surface area (TPSA) is 23.5 Å². The number of rotatable bonds is 4. The van der Waals surface area contributed by atoms with Crippen LogP contribution in [0.15, 0.2) is 0 Å². The van der Waals surface area contributed by atoms with E-state index in [0.717, 1.165) is 13.1 Å². The maximum Gasteiger partial charge on any atom is 0.0584 e. The zero-order valence-electron chi connectivity index (χ0n) is 9.09. The van der Waals surface area contributed by atoms with Crippen LogP contribution in [0.2, 0.25) is 0 Å². The third kappa shape index (κ3) is 4.73. The number of likely N-dealkylation sites (N-methyl/N-ethyl adjacent to an activating group) is 1. The van der Waals surface area contributed by atoms with Crippen molar-refractivity contribution in [2.45, 2.75) is 40.7 Å². The molecule has 0 aliphatic carbocycles. The quantitative estimate of drug-likeness (QED) is 0.700. The van der Waals surface area contributed by atoms with Crippen molar-refractivity contribution >= 4 is 0 Å². The highest BCUT2D eigenvalue weighted by Crippen LogP contribution is 2.16. The molecule has 0 saturated heterocycles. The van der Waals surface area contributed by atoms with Crippen LogP contribution in [-0.4, -0.2) is 35.7 Å². The van der Waals surface area contributed by atoms with E-state index >= 15 is 0 Å². The molecule has 0 amide bonds. The zero-order valence-corrected chi connectivity index (χ0v) is 9.09. The van der Waals surface area contributed by atoms with Gasteiger partial charge in [-0.1, -0.05) is 27.7 Å². The van der Waals surface area contributed by atoms with Crippen LogP contribution in [0.1, 0.15) is 34.6 Å². The summed E-state index contributed by atoms with van der Waals surface area (Å²) in [6, 6.07) is 0.286. The fourth-order valence-electron chi connectivity index (χ4n) is 1.30. The van der Waals surface area contributed by atoms with E-state index in [1.54, 1.807) is 0 Å². The van der Waals surface area contributed by atoms with Crippen LogP contribution in [0, 0.1) is 5.41 Å². The molecule has 74 valence electrons. The van der Waals surface area contributed by atoms with Crippen molar-refractivity contribution in [3.63, 3.8) is 0 Å². The molecule has 0 aromatic carbocycles. The van der Waals surface area contributed by atoms with E-state index in [-0.39, 0.29) is 12.6 Å². The van der Waals surface area contributed by atoms with Gasteiger partial charge in [0.05, 0.1) is 6.61 Å². The Hall–Kier alpha value is -0.0800. The maximum absolute atomic E-state index is 8.99. The van der Waals surface area contributed by atoms with E-state index < -0.39 is 0 Å². The molecule has 2 nitrogen and oxygen atoms in total. The van der Waals surface area contributed by atoms with E-state index in [1.165, 1.54) is 0 Å². The minimum absolute atomic E-state index is 0.254. The molecule has 0 aromatic rings. The molecule has 0 rings (SSSR count). The van der Waals surface area contributed by atoms with Gasteiger partial charge in [-0.2, -0.15) is 0 Å². The molecule has 2 heteroatoms. The summed E-state index contributed by atoms with van der Waals surface area (Å²) in [5, 5.41) is 8.99. The molecule has 0 saturated carbocycles. The standard InChI is InChI=1S/C10H23NO/c1-6-11(9(2)7-12)8-10(3,4)5/h9,12H,6-8H2,1-5H3/t9-/m1/s1. The van der Waals surface area contributed by atoms with Gasteiger partial charge in [-0.3, -0.25) is 4.90 Å². The van der Waals surface area contributed by atoms with Crippen molar-refractivity contribution in [1.82, 2.24) is 4.90 Å². The highest BCUT2D eigenvalue weighted by atomic mass is 16.3. The summed E-state index contributed by atoms with van der Waals surface area (Å²) < 4.78 is 0. The van der Waals surface area contributed by atoms with Crippen LogP contribution in [0.4, 0.5) is 0 Å². The SMILES string of the molecule is CCN(CC(C)(C)C)[C@H](C)CO. The van der Waals surface area contributed by atoms with Crippen LogP contribution < -0.4 is 0 Å². The number of aliphatic hydroxyl groups excluding tert-OH is 1. The van der Waals surface area contributed by atoms with E-state index in [0.29, 0.717) is 5.41 Å². The van der Waals surface area contributed by atoms with Crippen molar-refractivity contribution in [3.8, 4) is 0 Å². The minimum atomic E-state index is 0.254. The number of hydrogen-bond acceptors (Lipinski definition) is 2. The van der Waals surface area contributed by atoms with Gasteiger partial charge in [-0.15, -0.1) is 0 Å². The summed E-state index contributed by atoms with van der Waals surface area (Å²) in [6.07, 6.45) is 0. The first-order valence-corrected chi connectivity index (χ1v) is 4.75. The predicted octanol–water partition coefficient (Wildman–Crippen LogP) is 1.74. The predicted molar refractivity (Wildman–Crippen MR) is 53.2 cm³/mol. The van der Waals surface area contributed by atoms with Crippen molar-refractivity contribution in [2.75, 3.05) is 19.7 Å². The molecular weight excluding hydrogens is 150 g/mol. The Bertz CT molecular complexity index is 117. The average molecular weight is 173 g/mol. The summed E-state index contributed by atoms with van der Waals surface area (Å²) in [5.41, 5.74) is 0.319. The Labute approximate surface area is 76.6 Å². The minimum Gasteiger partial charge on any atom is -0.395 e. The van der Waals surface area contributed by atoms with E-state index in [1.807, 2.05) is 0 Å². The highest BCUT2D eigenvalue weighted by Gasteiger charge is 2.18. The second kappa shape index (κ2) is 4.83. The molecule has 0 spiro atoms.